The molecular weight excluding hydrogens is 347 g/mol. The van der Waals surface area contributed by atoms with Gasteiger partial charge in [-0.3, -0.25) is 4.79 Å². The number of carbonyl (C=O) groups excluding carboxylic acids is 1. The molecule has 2 aromatic rings. The van der Waals surface area contributed by atoms with E-state index in [0.717, 1.165) is 4.47 Å². The highest BCUT2D eigenvalue weighted by Crippen LogP contribution is 2.27. The number of halogens is 3. The Bertz CT molecular complexity index is 664. The van der Waals surface area contributed by atoms with Crippen molar-refractivity contribution in [3.8, 4) is 0 Å². The van der Waals surface area contributed by atoms with Crippen LogP contribution in [0.4, 0.5) is 15.8 Å². The van der Waals surface area contributed by atoms with Crippen LogP contribution in [0.25, 0.3) is 0 Å². The zero-order chi connectivity index (χ0) is 14.7. The normalized spacial score (nSPS) is 10.2. The van der Waals surface area contributed by atoms with E-state index in [1.54, 1.807) is 25.2 Å². The average molecular weight is 358 g/mol. The number of anilines is 2. The molecule has 0 fully saturated rings. The lowest BCUT2D eigenvalue weighted by Gasteiger charge is -2.11. The van der Waals surface area contributed by atoms with E-state index in [4.69, 9.17) is 11.6 Å². The number of hydrogen-bond acceptors (Lipinski definition) is 2. The maximum absolute atomic E-state index is 13.6. The Morgan fingerprint density at radius 2 is 2.05 bits per heavy atom. The van der Waals surface area contributed by atoms with Crippen molar-refractivity contribution in [1.29, 1.82) is 0 Å². The van der Waals surface area contributed by atoms with Crippen LogP contribution in [0, 0.1) is 5.82 Å². The molecule has 1 amide bonds. The molecule has 2 rings (SSSR count). The minimum Gasteiger partial charge on any atom is -0.385 e. The summed E-state index contributed by atoms with van der Waals surface area (Å²) in [7, 11) is 1.56. The molecule has 0 aromatic heterocycles. The number of amides is 1. The maximum atomic E-state index is 13.6. The first-order chi connectivity index (χ1) is 9.52. The summed E-state index contributed by atoms with van der Waals surface area (Å²) in [4.78, 5) is 12.2. The number of benzene rings is 2. The minimum absolute atomic E-state index is 0.149. The fourth-order valence-electron chi connectivity index (χ4n) is 1.75. The van der Waals surface area contributed by atoms with Crippen LogP contribution in [0.2, 0.25) is 5.02 Å². The maximum Gasteiger partial charge on any atom is 0.257 e. The standard InChI is InChI=1S/C14H11BrClFN2O/c1-18-13-9(3-2-4-11(13)17)14(20)19-12-7-8(15)5-6-10(12)16/h2-7,18H,1H3,(H,19,20). The van der Waals surface area contributed by atoms with E-state index in [2.05, 4.69) is 26.6 Å². The van der Waals surface area contributed by atoms with Crippen LogP contribution in [-0.4, -0.2) is 13.0 Å². The van der Waals surface area contributed by atoms with Gasteiger partial charge >= 0.3 is 0 Å². The number of nitrogens with one attached hydrogen (secondary N) is 2. The SMILES string of the molecule is CNc1c(F)cccc1C(=O)Nc1cc(Br)ccc1Cl. The quantitative estimate of drug-likeness (QED) is 0.847. The molecule has 0 spiro atoms. The van der Waals surface area contributed by atoms with Crippen LogP contribution >= 0.6 is 27.5 Å². The van der Waals surface area contributed by atoms with Crippen molar-refractivity contribution in [1.82, 2.24) is 0 Å². The molecule has 3 nitrogen and oxygen atoms in total. The minimum atomic E-state index is -0.486. The molecule has 0 aliphatic carbocycles. The van der Waals surface area contributed by atoms with Gasteiger partial charge in [0.25, 0.3) is 5.91 Å². The van der Waals surface area contributed by atoms with Crippen LogP contribution in [0.15, 0.2) is 40.9 Å². The first kappa shape index (κ1) is 14.8. The van der Waals surface area contributed by atoms with Crippen molar-refractivity contribution in [2.45, 2.75) is 0 Å². The van der Waals surface area contributed by atoms with Crippen LogP contribution < -0.4 is 10.6 Å². The fraction of sp³-hybridized carbons (Fsp3) is 0.0714. The smallest absolute Gasteiger partial charge is 0.257 e. The number of para-hydroxylation sites is 1. The lowest BCUT2D eigenvalue weighted by Crippen LogP contribution is -2.15. The molecule has 0 aliphatic rings. The van der Waals surface area contributed by atoms with Crippen molar-refractivity contribution in [2.75, 3.05) is 17.7 Å². The lowest BCUT2D eigenvalue weighted by molar-refractivity contribution is 0.102. The lowest BCUT2D eigenvalue weighted by atomic mass is 10.1. The Kier molecular flexibility index (Phi) is 4.62. The molecular formula is C14H11BrClFN2O. The second kappa shape index (κ2) is 6.24. The van der Waals surface area contributed by atoms with Crippen molar-refractivity contribution in [2.24, 2.45) is 0 Å². The van der Waals surface area contributed by atoms with E-state index in [1.165, 1.54) is 18.2 Å². The summed E-state index contributed by atoms with van der Waals surface area (Å²) in [6.45, 7) is 0. The van der Waals surface area contributed by atoms with Gasteiger partial charge in [0, 0.05) is 11.5 Å². The van der Waals surface area contributed by atoms with Crippen molar-refractivity contribution in [3.63, 3.8) is 0 Å². The highest BCUT2D eigenvalue weighted by molar-refractivity contribution is 9.10. The van der Waals surface area contributed by atoms with Gasteiger partial charge < -0.3 is 10.6 Å². The Balaban J connectivity index is 2.33. The summed E-state index contributed by atoms with van der Waals surface area (Å²) in [5, 5.41) is 5.75. The number of hydrogen-bond donors (Lipinski definition) is 2. The monoisotopic (exact) mass is 356 g/mol. The van der Waals surface area contributed by atoms with Crippen molar-refractivity contribution < 1.29 is 9.18 Å². The predicted octanol–water partition coefficient (Wildman–Crippen LogP) is 4.54. The Morgan fingerprint density at radius 1 is 1.30 bits per heavy atom. The molecule has 0 radical (unpaired) electrons. The molecule has 20 heavy (non-hydrogen) atoms. The largest absolute Gasteiger partial charge is 0.385 e. The highest BCUT2D eigenvalue weighted by atomic mass is 79.9. The van der Waals surface area contributed by atoms with E-state index >= 15 is 0 Å². The third-order valence-corrected chi connectivity index (χ3v) is 3.51. The van der Waals surface area contributed by atoms with E-state index in [0.29, 0.717) is 10.7 Å². The third kappa shape index (κ3) is 3.11. The topological polar surface area (TPSA) is 41.1 Å². The molecule has 0 unspecified atom stereocenters. The molecule has 104 valence electrons. The summed E-state index contributed by atoms with van der Waals surface area (Å²) in [5.41, 5.74) is 0.817. The molecule has 2 N–H and O–H groups in total. The summed E-state index contributed by atoms with van der Waals surface area (Å²) in [5.74, 6) is -0.922. The van der Waals surface area contributed by atoms with E-state index < -0.39 is 11.7 Å². The zero-order valence-electron chi connectivity index (χ0n) is 10.5. The predicted molar refractivity (Wildman–Crippen MR) is 83.1 cm³/mol. The van der Waals surface area contributed by atoms with Crippen LogP contribution in [0.5, 0.6) is 0 Å². The highest BCUT2D eigenvalue weighted by Gasteiger charge is 2.15. The number of carbonyl (C=O) groups is 1. The first-order valence-corrected chi connectivity index (χ1v) is 6.92. The Hall–Kier alpha value is -1.59. The Morgan fingerprint density at radius 3 is 2.75 bits per heavy atom. The van der Waals surface area contributed by atoms with Crippen LogP contribution in [-0.2, 0) is 0 Å². The fourth-order valence-corrected chi connectivity index (χ4v) is 2.28. The van der Waals surface area contributed by atoms with Gasteiger partial charge in [-0.15, -0.1) is 0 Å². The molecule has 0 bridgehead atoms. The summed E-state index contributed by atoms with van der Waals surface area (Å²) < 4.78 is 14.4. The van der Waals surface area contributed by atoms with Gasteiger partial charge in [-0.1, -0.05) is 33.6 Å². The van der Waals surface area contributed by atoms with Gasteiger partial charge in [0.1, 0.15) is 5.82 Å². The van der Waals surface area contributed by atoms with Gasteiger partial charge in [-0.2, -0.15) is 0 Å². The van der Waals surface area contributed by atoms with Crippen molar-refractivity contribution in [3.05, 3.63) is 57.3 Å². The molecule has 2 aromatic carbocycles. The van der Waals surface area contributed by atoms with Gasteiger partial charge in [0.15, 0.2) is 0 Å². The summed E-state index contributed by atoms with van der Waals surface area (Å²) in [6.07, 6.45) is 0. The molecule has 0 saturated heterocycles. The molecule has 0 heterocycles. The van der Waals surface area contributed by atoms with Gasteiger partial charge in [-0.25, -0.2) is 4.39 Å². The molecule has 0 saturated carbocycles. The third-order valence-electron chi connectivity index (χ3n) is 2.68. The van der Waals surface area contributed by atoms with Crippen LogP contribution in [0.3, 0.4) is 0 Å². The zero-order valence-corrected chi connectivity index (χ0v) is 12.8. The Labute approximate surface area is 129 Å². The van der Waals surface area contributed by atoms with Crippen LogP contribution in [0.1, 0.15) is 10.4 Å². The van der Waals surface area contributed by atoms with E-state index in [1.807, 2.05) is 0 Å². The molecule has 0 atom stereocenters. The second-order valence-corrected chi connectivity index (χ2v) is 5.31. The van der Waals surface area contributed by atoms with Gasteiger partial charge in [0.05, 0.1) is 22.0 Å². The molecule has 6 heteroatoms. The summed E-state index contributed by atoms with van der Waals surface area (Å²) >= 11 is 9.31. The molecule has 0 aliphatic heterocycles. The van der Waals surface area contributed by atoms with Crippen molar-refractivity contribution >= 4 is 44.8 Å². The average Bonchev–Trinajstić information content (AvgIpc) is 2.42. The van der Waals surface area contributed by atoms with E-state index in [9.17, 15) is 9.18 Å². The van der Waals surface area contributed by atoms with Gasteiger partial charge in [0.2, 0.25) is 0 Å². The van der Waals surface area contributed by atoms with E-state index in [-0.39, 0.29) is 11.3 Å². The summed E-state index contributed by atoms with van der Waals surface area (Å²) in [6, 6.07) is 9.40. The van der Waals surface area contributed by atoms with Gasteiger partial charge in [-0.05, 0) is 30.3 Å². The number of rotatable bonds is 3. The first-order valence-electron chi connectivity index (χ1n) is 5.75. The second-order valence-electron chi connectivity index (χ2n) is 3.99.